The molecule has 0 radical (unpaired) electrons. The lowest BCUT2D eigenvalue weighted by Crippen LogP contribution is -2.10. The van der Waals surface area contributed by atoms with E-state index in [2.05, 4.69) is 217 Å². The minimum absolute atomic E-state index is 1.10. The van der Waals surface area contributed by atoms with E-state index in [1.807, 2.05) is 0 Å². The van der Waals surface area contributed by atoms with Gasteiger partial charge < -0.3 is 4.90 Å². The average molecular weight is 674 g/mol. The van der Waals surface area contributed by atoms with Gasteiger partial charge in [-0.05, 0) is 119 Å². The molecule has 0 N–H and O–H groups in total. The first-order chi connectivity index (χ1) is 26.3. The third kappa shape index (κ3) is 5.51. The fourth-order valence-corrected chi connectivity index (χ4v) is 8.09. The van der Waals surface area contributed by atoms with Gasteiger partial charge in [-0.15, -0.1) is 0 Å². The van der Waals surface area contributed by atoms with Crippen molar-refractivity contribution in [2.45, 2.75) is 0 Å². The quantitative estimate of drug-likeness (QED) is 0.159. The maximum atomic E-state index is 2.38. The number of nitrogens with zero attached hydrogens (tertiary/aromatic N) is 1. The minimum atomic E-state index is 1.10. The maximum Gasteiger partial charge on any atom is 0.0467 e. The SMILES string of the molecule is c1cc(-c2cccc3ccccc23)cc(N(c2ccc(-c3cccc4ccccc34)cc2)c2ccc(-c3cc4ccccc4c4ccccc34)cc2)c1. The molecule has 0 aliphatic heterocycles. The van der Waals surface area contributed by atoms with E-state index >= 15 is 0 Å². The summed E-state index contributed by atoms with van der Waals surface area (Å²) in [5.74, 6) is 0. The van der Waals surface area contributed by atoms with E-state index in [1.54, 1.807) is 0 Å². The number of fused-ring (bicyclic) bond motifs is 5. The van der Waals surface area contributed by atoms with Crippen molar-refractivity contribution in [1.82, 2.24) is 0 Å². The maximum absolute atomic E-state index is 2.38. The van der Waals surface area contributed by atoms with Crippen molar-refractivity contribution in [3.63, 3.8) is 0 Å². The molecule has 0 saturated heterocycles. The normalized spacial score (nSPS) is 11.4. The topological polar surface area (TPSA) is 3.24 Å². The average Bonchev–Trinajstić information content (AvgIpc) is 3.24. The number of benzene rings is 10. The molecule has 0 spiro atoms. The van der Waals surface area contributed by atoms with Gasteiger partial charge in [-0.3, -0.25) is 0 Å². The Labute approximate surface area is 309 Å². The molecule has 1 heteroatoms. The molecule has 10 aromatic rings. The summed E-state index contributed by atoms with van der Waals surface area (Å²) in [6, 6.07) is 77.2. The Bertz CT molecular complexity index is 2930. The van der Waals surface area contributed by atoms with E-state index in [9.17, 15) is 0 Å². The zero-order valence-corrected chi connectivity index (χ0v) is 29.2. The van der Waals surface area contributed by atoms with Crippen LogP contribution >= 0.6 is 0 Å². The molecule has 0 aliphatic rings. The van der Waals surface area contributed by atoms with Crippen molar-refractivity contribution in [3.8, 4) is 33.4 Å². The molecule has 248 valence electrons. The molecule has 10 aromatic carbocycles. The van der Waals surface area contributed by atoms with Crippen LogP contribution in [0.2, 0.25) is 0 Å². The van der Waals surface area contributed by atoms with Crippen molar-refractivity contribution >= 4 is 60.2 Å². The summed E-state index contributed by atoms with van der Waals surface area (Å²) in [5.41, 5.74) is 10.6. The molecule has 53 heavy (non-hydrogen) atoms. The molecule has 0 saturated carbocycles. The van der Waals surface area contributed by atoms with Crippen LogP contribution in [0.4, 0.5) is 17.1 Å². The third-order valence-corrected chi connectivity index (χ3v) is 10.6. The first-order valence-corrected chi connectivity index (χ1v) is 18.3. The van der Waals surface area contributed by atoms with Gasteiger partial charge in [-0.2, -0.15) is 0 Å². The largest absolute Gasteiger partial charge is 0.310 e. The summed E-state index contributed by atoms with van der Waals surface area (Å²) in [6.07, 6.45) is 0. The van der Waals surface area contributed by atoms with Crippen LogP contribution in [0, 0.1) is 0 Å². The van der Waals surface area contributed by atoms with E-state index in [4.69, 9.17) is 0 Å². The fourth-order valence-electron chi connectivity index (χ4n) is 8.09. The van der Waals surface area contributed by atoms with Crippen LogP contribution in [-0.4, -0.2) is 0 Å². The number of hydrogen-bond donors (Lipinski definition) is 0. The van der Waals surface area contributed by atoms with Crippen LogP contribution in [0.5, 0.6) is 0 Å². The molecule has 0 bridgehead atoms. The molecule has 0 fully saturated rings. The Kier molecular flexibility index (Phi) is 7.55. The van der Waals surface area contributed by atoms with Crippen LogP contribution in [0.1, 0.15) is 0 Å². The van der Waals surface area contributed by atoms with E-state index in [0.29, 0.717) is 0 Å². The lowest BCUT2D eigenvalue weighted by atomic mass is 9.93. The van der Waals surface area contributed by atoms with E-state index in [-0.39, 0.29) is 0 Å². The Morgan fingerprint density at radius 1 is 0.226 bits per heavy atom. The lowest BCUT2D eigenvalue weighted by molar-refractivity contribution is 1.28. The van der Waals surface area contributed by atoms with Crippen molar-refractivity contribution in [3.05, 3.63) is 212 Å². The summed E-state index contributed by atoms with van der Waals surface area (Å²) in [6.45, 7) is 0. The minimum Gasteiger partial charge on any atom is -0.310 e. The van der Waals surface area contributed by atoms with Gasteiger partial charge in [0, 0.05) is 17.1 Å². The van der Waals surface area contributed by atoms with Crippen LogP contribution in [0.25, 0.3) is 76.5 Å². The second-order valence-electron chi connectivity index (χ2n) is 13.7. The van der Waals surface area contributed by atoms with Crippen LogP contribution in [-0.2, 0) is 0 Å². The lowest BCUT2D eigenvalue weighted by Gasteiger charge is -2.27. The molecule has 0 unspecified atom stereocenters. The highest BCUT2D eigenvalue weighted by atomic mass is 15.1. The van der Waals surface area contributed by atoms with Gasteiger partial charge in [0.05, 0.1) is 0 Å². The predicted octanol–water partition coefficient (Wildman–Crippen LogP) is 14.8. The molecular formula is C52H35N. The Hall–Kier alpha value is -6.96. The van der Waals surface area contributed by atoms with Gasteiger partial charge in [0.15, 0.2) is 0 Å². The highest BCUT2D eigenvalue weighted by Gasteiger charge is 2.16. The van der Waals surface area contributed by atoms with Gasteiger partial charge in [-0.1, -0.05) is 170 Å². The summed E-state index contributed by atoms with van der Waals surface area (Å²) in [4.78, 5) is 2.38. The molecule has 0 aliphatic carbocycles. The molecule has 0 aromatic heterocycles. The Balaban J connectivity index is 1.10. The molecule has 0 atom stereocenters. The van der Waals surface area contributed by atoms with Crippen LogP contribution < -0.4 is 4.90 Å². The highest BCUT2D eigenvalue weighted by Crippen LogP contribution is 2.41. The summed E-state index contributed by atoms with van der Waals surface area (Å²) in [5, 5.41) is 10.1. The van der Waals surface area contributed by atoms with Crippen LogP contribution in [0.3, 0.4) is 0 Å². The molecule has 0 heterocycles. The summed E-state index contributed by atoms with van der Waals surface area (Å²) >= 11 is 0. The van der Waals surface area contributed by atoms with E-state index in [0.717, 1.165) is 17.1 Å². The summed E-state index contributed by atoms with van der Waals surface area (Å²) in [7, 11) is 0. The van der Waals surface area contributed by atoms with Gasteiger partial charge in [0.25, 0.3) is 0 Å². The molecule has 10 rings (SSSR count). The fraction of sp³-hybridized carbons (Fsp3) is 0. The van der Waals surface area contributed by atoms with Crippen molar-refractivity contribution in [2.24, 2.45) is 0 Å². The first kappa shape index (κ1) is 30.8. The highest BCUT2D eigenvalue weighted by molar-refractivity contribution is 6.13. The first-order valence-electron chi connectivity index (χ1n) is 18.3. The van der Waals surface area contributed by atoms with Gasteiger partial charge in [-0.25, -0.2) is 0 Å². The molecule has 0 amide bonds. The number of anilines is 3. The van der Waals surface area contributed by atoms with Gasteiger partial charge in [0.2, 0.25) is 0 Å². The summed E-state index contributed by atoms with van der Waals surface area (Å²) < 4.78 is 0. The zero-order valence-electron chi connectivity index (χ0n) is 29.2. The van der Waals surface area contributed by atoms with Crippen molar-refractivity contribution in [2.75, 3.05) is 4.90 Å². The van der Waals surface area contributed by atoms with E-state index in [1.165, 1.54) is 76.5 Å². The zero-order chi connectivity index (χ0) is 35.1. The van der Waals surface area contributed by atoms with E-state index < -0.39 is 0 Å². The predicted molar refractivity (Wildman–Crippen MR) is 227 cm³/mol. The Morgan fingerprint density at radius 3 is 1.30 bits per heavy atom. The smallest absolute Gasteiger partial charge is 0.0467 e. The van der Waals surface area contributed by atoms with Gasteiger partial charge >= 0.3 is 0 Å². The number of rotatable bonds is 6. The van der Waals surface area contributed by atoms with Crippen LogP contribution in [0.15, 0.2) is 212 Å². The molecule has 1 nitrogen and oxygen atoms in total. The number of hydrogen-bond acceptors (Lipinski definition) is 1. The molecular weight excluding hydrogens is 639 g/mol. The van der Waals surface area contributed by atoms with Crippen molar-refractivity contribution < 1.29 is 0 Å². The second-order valence-corrected chi connectivity index (χ2v) is 13.7. The Morgan fingerprint density at radius 2 is 0.679 bits per heavy atom. The van der Waals surface area contributed by atoms with Gasteiger partial charge in [0.1, 0.15) is 0 Å². The monoisotopic (exact) mass is 673 g/mol. The van der Waals surface area contributed by atoms with Crippen molar-refractivity contribution in [1.29, 1.82) is 0 Å². The second kappa shape index (κ2) is 13.0. The standard InChI is InChI=1S/C52H35N/c1-4-19-45-36(12-1)15-10-24-47(45)38-26-30-42(31-27-38)53(44-18-9-17-40(34-44)48-25-11-16-37-13-2-5-20-46(37)48)43-32-28-39(29-33-43)52-35-41-14-3-6-21-49(41)50-22-7-8-23-51(50)52/h1-35H. The third-order valence-electron chi connectivity index (χ3n) is 10.6.